The van der Waals surface area contributed by atoms with Crippen LogP contribution in [0.25, 0.3) is 0 Å². The average molecular weight is 900 g/mol. The van der Waals surface area contributed by atoms with Gasteiger partial charge in [0, 0.05) is 32.1 Å². The van der Waals surface area contributed by atoms with Crippen molar-refractivity contribution in [2.45, 2.75) is 164 Å². The molecule has 0 spiro atoms. The summed E-state index contributed by atoms with van der Waals surface area (Å²) in [5.41, 5.74) is 2.06. The van der Waals surface area contributed by atoms with Crippen LogP contribution in [0.3, 0.4) is 0 Å². The molecule has 2 aromatic carbocycles. The van der Waals surface area contributed by atoms with Crippen molar-refractivity contribution in [1.29, 1.82) is 5.41 Å². The number of nitrogens with one attached hydrogen (secondary N) is 3. The molecular weight excluding hydrogens is 835 g/mol. The third kappa shape index (κ3) is 15.6. The molecule has 3 aromatic rings. The lowest BCUT2D eigenvalue weighted by Crippen LogP contribution is -2.40. The van der Waals surface area contributed by atoms with Crippen molar-refractivity contribution in [2.24, 2.45) is 0 Å². The van der Waals surface area contributed by atoms with Gasteiger partial charge < -0.3 is 18.9 Å². The molecule has 0 amide bonds. The zero-order valence-electron chi connectivity index (χ0n) is 36.2. The number of fused-ring (bicyclic) bond motifs is 3. The van der Waals surface area contributed by atoms with E-state index in [0.29, 0.717) is 25.9 Å². The lowest BCUT2D eigenvalue weighted by Gasteiger charge is -2.22. The first-order valence-electron chi connectivity index (χ1n) is 22.3. The van der Waals surface area contributed by atoms with Gasteiger partial charge >= 0.3 is 17.9 Å². The number of esters is 2. The van der Waals surface area contributed by atoms with E-state index in [-0.39, 0.29) is 52.7 Å². The Labute approximate surface area is 367 Å². The van der Waals surface area contributed by atoms with Crippen molar-refractivity contribution in [3.05, 3.63) is 77.4 Å². The Bertz CT molecular complexity index is 2150. The molecule has 1 fully saturated rings. The molecule has 0 aliphatic carbocycles. The molecule has 3 heterocycles. The van der Waals surface area contributed by atoms with Gasteiger partial charge in [-0.1, -0.05) is 112 Å². The summed E-state index contributed by atoms with van der Waals surface area (Å²) in [7, 11) is -6.97. The Kier molecular flexibility index (Phi) is 19.4. The molecule has 1 aromatic heterocycles. The van der Waals surface area contributed by atoms with E-state index in [1.54, 1.807) is 59.3 Å². The summed E-state index contributed by atoms with van der Waals surface area (Å²) >= 11 is 0. The second kappa shape index (κ2) is 24.6. The molecule has 3 N–H and O–H groups in total. The van der Waals surface area contributed by atoms with Gasteiger partial charge in [-0.05, 0) is 69.9 Å². The van der Waals surface area contributed by atoms with Gasteiger partial charge in [-0.25, -0.2) is 26.3 Å². The number of hydrogen-bond donors (Lipinski definition) is 3. The smallest absolute Gasteiger partial charge is 0.306 e. The number of carbonyl (C=O) groups excluding carboxylic acids is 2. The van der Waals surface area contributed by atoms with Crippen LogP contribution in [0.15, 0.2) is 70.6 Å². The molecule has 2 aliphatic rings. The number of benzene rings is 2. The van der Waals surface area contributed by atoms with E-state index in [2.05, 4.69) is 14.4 Å². The van der Waals surface area contributed by atoms with Crippen molar-refractivity contribution < 1.29 is 45.4 Å². The second-order valence-corrected chi connectivity index (χ2v) is 19.9. The molecular formula is C45H65N5O10S2. The van der Waals surface area contributed by atoms with Crippen LogP contribution in [0.5, 0.6) is 6.01 Å². The lowest BCUT2D eigenvalue weighted by molar-refractivity contribution is -0.160. The summed E-state index contributed by atoms with van der Waals surface area (Å²) in [6, 6.07) is 15.4. The summed E-state index contributed by atoms with van der Waals surface area (Å²) in [6.45, 7) is 4.57. The van der Waals surface area contributed by atoms with Crippen LogP contribution >= 0.6 is 0 Å². The van der Waals surface area contributed by atoms with E-state index < -0.39 is 44.6 Å². The quantitative estimate of drug-likeness (QED) is 0.0475. The molecule has 1 saturated heterocycles. The third-order valence-electron chi connectivity index (χ3n) is 11.2. The highest BCUT2D eigenvalue weighted by molar-refractivity contribution is 7.89. The Balaban J connectivity index is 0.914. The van der Waals surface area contributed by atoms with Gasteiger partial charge in [-0.15, -0.1) is 0 Å². The number of rotatable bonds is 29. The van der Waals surface area contributed by atoms with Gasteiger partial charge in [0.2, 0.25) is 20.0 Å². The number of ether oxygens (including phenoxy) is 4. The van der Waals surface area contributed by atoms with Gasteiger partial charge in [-0.3, -0.25) is 19.6 Å². The molecule has 0 radical (unpaired) electrons. The van der Waals surface area contributed by atoms with E-state index in [1.165, 1.54) is 6.07 Å². The Hall–Kier alpha value is -4.16. The molecule has 2 aliphatic heterocycles. The van der Waals surface area contributed by atoms with Gasteiger partial charge in [-0.2, -0.15) is 4.98 Å². The van der Waals surface area contributed by atoms with Crippen molar-refractivity contribution in [1.82, 2.24) is 19.0 Å². The van der Waals surface area contributed by atoms with Crippen LogP contribution in [0.1, 0.15) is 133 Å². The number of aromatic nitrogens is 2. The number of sulfonamides is 2. The van der Waals surface area contributed by atoms with E-state index in [0.717, 1.165) is 101 Å². The zero-order chi connectivity index (χ0) is 44.4. The van der Waals surface area contributed by atoms with Crippen molar-refractivity contribution in [3.63, 3.8) is 0 Å². The highest BCUT2D eigenvalue weighted by atomic mass is 32.2. The maximum absolute atomic E-state index is 13.1. The molecule has 0 saturated carbocycles. The van der Waals surface area contributed by atoms with Crippen molar-refractivity contribution >= 4 is 32.0 Å². The summed E-state index contributed by atoms with van der Waals surface area (Å²) in [5, 5.41) is 7.86. The Morgan fingerprint density at radius 3 is 1.61 bits per heavy atom. The summed E-state index contributed by atoms with van der Waals surface area (Å²) < 4.78 is 80.5. The topological polar surface area (TPSA) is 205 Å². The van der Waals surface area contributed by atoms with E-state index in [1.807, 2.05) is 13.8 Å². The number of unbranched alkanes of at least 4 members (excludes halogenated alkanes) is 14. The summed E-state index contributed by atoms with van der Waals surface area (Å²) in [5.74, 6) is -0.730. The maximum atomic E-state index is 13.1. The van der Waals surface area contributed by atoms with Gasteiger partial charge in [0.05, 0.1) is 9.79 Å². The molecule has 342 valence electrons. The third-order valence-corrected chi connectivity index (χ3v) is 14.1. The molecule has 62 heavy (non-hydrogen) atoms. The van der Waals surface area contributed by atoms with Crippen LogP contribution in [0.2, 0.25) is 0 Å². The normalized spacial score (nSPS) is 18.2. The van der Waals surface area contributed by atoms with Gasteiger partial charge in [0.15, 0.2) is 23.9 Å². The summed E-state index contributed by atoms with van der Waals surface area (Å²) in [4.78, 5) is 30.4. The fraction of sp³-hybridized carbons (Fsp3) is 0.600. The predicted octanol–water partition coefficient (Wildman–Crippen LogP) is 7.07. The van der Waals surface area contributed by atoms with Crippen LogP contribution < -0.4 is 19.7 Å². The van der Waals surface area contributed by atoms with E-state index in [9.17, 15) is 26.4 Å². The van der Waals surface area contributed by atoms with E-state index in [4.69, 9.17) is 24.4 Å². The van der Waals surface area contributed by atoms with Gasteiger partial charge in [0.1, 0.15) is 12.7 Å². The zero-order valence-corrected chi connectivity index (χ0v) is 37.9. The fourth-order valence-corrected chi connectivity index (χ4v) is 9.68. The molecule has 0 bridgehead atoms. The number of carbonyl (C=O) groups is 2. The maximum Gasteiger partial charge on any atom is 0.306 e. The van der Waals surface area contributed by atoms with Crippen molar-refractivity contribution in [2.75, 3.05) is 19.7 Å². The number of aryl methyl sites for hydroxylation is 2. The molecule has 5 rings (SSSR count). The minimum Gasteiger partial charge on any atom is -0.463 e. The largest absolute Gasteiger partial charge is 0.463 e. The van der Waals surface area contributed by atoms with E-state index >= 15 is 0 Å². The van der Waals surface area contributed by atoms with Gasteiger partial charge in [0.25, 0.3) is 0 Å². The Morgan fingerprint density at radius 2 is 1.11 bits per heavy atom. The molecule has 4 atom stereocenters. The SMILES string of the molecule is Cc1ccc(S(=O)(=O)NCCCCCCCCCCC(=O)OC[C@H]2O[C@@H]3[C@H](Oc4nc(=N)ccn43)[C@@H]2OC(=O)CCCCCCCCCCNS(=O)(=O)c2ccc(C)cc2)cc1. The first kappa shape index (κ1) is 48.9. The first-order valence-corrected chi connectivity index (χ1v) is 25.2. The number of nitrogens with zero attached hydrogens (tertiary/aromatic N) is 2. The standard InChI is InChI=1S/C45H65N5O10S2/c1-34-21-25-36(26-22-34)61(53,54)47-30-17-13-9-5-3-7-11-15-19-40(51)57-33-38-42(43-44(58-38)50-32-29-39(46)49-45(50)60-43)59-41(52)20-16-12-8-4-6-10-14-18-31-48-62(55,56)37-27-23-35(2)24-28-37/h21-29,32,38,42-44,46-48H,3-20,30-31,33H2,1-2H3/t38-,42-,43-,44-/m1/s1. The minimum absolute atomic E-state index is 0.0360. The van der Waals surface area contributed by atoms with Crippen LogP contribution in [0.4, 0.5) is 0 Å². The van der Waals surface area contributed by atoms with Crippen LogP contribution in [0, 0.1) is 19.3 Å². The predicted molar refractivity (Wildman–Crippen MR) is 233 cm³/mol. The van der Waals surface area contributed by atoms with Crippen LogP contribution in [-0.4, -0.2) is 76.3 Å². The van der Waals surface area contributed by atoms with Crippen molar-refractivity contribution in [3.8, 4) is 6.01 Å². The number of hydrogen-bond acceptors (Lipinski definition) is 12. The average Bonchev–Trinajstić information content (AvgIpc) is 3.76. The molecule has 15 nitrogen and oxygen atoms in total. The molecule has 17 heteroatoms. The highest BCUT2D eigenvalue weighted by Gasteiger charge is 2.54. The first-order chi connectivity index (χ1) is 29.8. The highest BCUT2D eigenvalue weighted by Crippen LogP contribution is 2.40. The monoisotopic (exact) mass is 899 g/mol. The lowest BCUT2D eigenvalue weighted by atomic mass is 10.1. The minimum atomic E-state index is -3.49. The second-order valence-electron chi connectivity index (χ2n) is 16.4. The Morgan fingerprint density at radius 1 is 0.661 bits per heavy atom. The van der Waals surface area contributed by atoms with Crippen LogP contribution in [-0.2, 0) is 43.8 Å². The fourth-order valence-electron chi connectivity index (χ4n) is 7.53. The molecule has 0 unspecified atom stereocenters. The summed E-state index contributed by atoms with van der Waals surface area (Å²) in [6.07, 6.45) is 13.9.